The highest BCUT2D eigenvalue weighted by atomic mass is 16.5. The van der Waals surface area contributed by atoms with Gasteiger partial charge in [0.1, 0.15) is 5.75 Å². The van der Waals surface area contributed by atoms with Gasteiger partial charge in [-0.05, 0) is 213 Å². The predicted octanol–water partition coefficient (Wildman–Crippen LogP) is 25.7. The van der Waals surface area contributed by atoms with Gasteiger partial charge in [0, 0.05) is 5.92 Å². The molecule has 0 amide bonds. The van der Waals surface area contributed by atoms with Crippen molar-refractivity contribution in [2.45, 2.75) is 207 Å². The van der Waals surface area contributed by atoms with E-state index in [4.69, 9.17) is 4.74 Å². The number of methoxy groups -OCH3 is 1. The van der Waals surface area contributed by atoms with Crippen LogP contribution in [-0.4, -0.2) is 7.11 Å². The van der Waals surface area contributed by atoms with Crippen LogP contribution < -0.4 is 4.74 Å². The van der Waals surface area contributed by atoms with Crippen LogP contribution in [0.2, 0.25) is 0 Å². The molecule has 0 N–H and O–H groups in total. The average molecular weight is 1140 g/mol. The van der Waals surface area contributed by atoms with Gasteiger partial charge in [-0.25, -0.2) is 0 Å². The van der Waals surface area contributed by atoms with Crippen LogP contribution in [-0.2, 0) is 38.5 Å². The fraction of sp³-hybridized carbons (Fsp3) is 0.373. The molecule has 1 nitrogen and oxygen atoms in total. The lowest BCUT2D eigenvalue weighted by Crippen LogP contribution is -1.97. The van der Waals surface area contributed by atoms with Gasteiger partial charge in [-0.1, -0.05) is 287 Å². The Hall–Kier alpha value is -6.96. The topological polar surface area (TPSA) is 9.23 Å². The van der Waals surface area contributed by atoms with Gasteiger partial charge in [-0.15, -0.1) is 0 Å². The maximum atomic E-state index is 5.01. The van der Waals surface area contributed by atoms with E-state index >= 15 is 0 Å². The summed E-state index contributed by atoms with van der Waals surface area (Å²) in [5.41, 5.74) is 27.1. The zero-order chi connectivity index (χ0) is 56.4. The van der Waals surface area contributed by atoms with Crippen molar-refractivity contribution in [2.24, 2.45) is 0 Å². The van der Waals surface area contributed by atoms with Gasteiger partial charge >= 0.3 is 0 Å². The number of hydrogen-bond acceptors (Lipinski definition) is 1. The molecule has 9 aromatic rings. The normalized spacial score (nSPS) is 9.77. The number of ether oxygens (including phenoxy) is 1. The molecule has 0 aliphatic heterocycles. The monoisotopic (exact) mass is 1130 g/mol. The minimum absolute atomic E-state index is 0. The second-order valence-corrected chi connectivity index (χ2v) is 20.6. The lowest BCUT2D eigenvalue weighted by atomic mass is 9.93. The van der Waals surface area contributed by atoms with Crippen LogP contribution in [0.4, 0.5) is 0 Å². The van der Waals surface area contributed by atoms with E-state index in [0.29, 0.717) is 5.92 Å². The summed E-state index contributed by atoms with van der Waals surface area (Å²) in [6, 6.07) is 64.7. The molecule has 460 valence electrons. The molecule has 0 saturated heterocycles. The van der Waals surface area contributed by atoms with E-state index in [2.05, 4.69) is 281 Å². The van der Waals surface area contributed by atoms with Crippen molar-refractivity contribution < 1.29 is 4.74 Å². The summed E-state index contributed by atoms with van der Waals surface area (Å²) in [4.78, 5) is 0. The Morgan fingerprint density at radius 3 is 1.21 bits per heavy atom. The van der Waals surface area contributed by atoms with Crippen molar-refractivity contribution >= 4 is 10.8 Å². The predicted molar refractivity (Wildman–Crippen MR) is 388 cm³/mol. The first-order valence-electron chi connectivity index (χ1n) is 28.6. The molecular weight excluding hydrogens is 1010 g/mol. The Morgan fingerprint density at radius 2 is 0.762 bits per heavy atom. The van der Waals surface area contributed by atoms with Crippen LogP contribution >= 0.6 is 0 Å². The van der Waals surface area contributed by atoms with E-state index in [1.54, 1.807) is 7.11 Å². The molecule has 0 heterocycles. The van der Waals surface area contributed by atoms with Crippen molar-refractivity contribution in [1.82, 2.24) is 0 Å². The third-order valence-corrected chi connectivity index (χ3v) is 15.1. The Balaban J connectivity index is -0.000000440. The fourth-order valence-electron chi connectivity index (χ4n) is 9.95. The molecule has 0 fully saturated rings. The molecule has 0 aromatic heterocycles. The molecule has 0 unspecified atom stereocenters. The minimum Gasteiger partial charge on any atom is -0.497 e. The highest BCUT2D eigenvalue weighted by Crippen LogP contribution is 2.44. The van der Waals surface area contributed by atoms with Crippen molar-refractivity contribution in [1.29, 1.82) is 0 Å². The molecule has 10 rings (SSSR count). The maximum absolute atomic E-state index is 5.01. The minimum atomic E-state index is 0. The van der Waals surface area contributed by atoms with Crippen molar-refractivity contribution in [3.63, 3.8) is 0 Å². The van der Waals surface area contributed by atoms with Gasteiger partial charge in [0.05, 0.1) is 7.11 Å². The van der Waals surface area contributed by atoms with Crippen molar-refractivity contribution in [2.75, 3.05) is 7.11 Å². The zero-order valence-corrected chi connectivity index (χ0v) is 50.5. The third-order valence-electron chi connectivity index (χ3n) is 15.1. The van der Waals surface area contributed by atoms with E-state index in [1.165, 1.54) is 116 Å². The summed E-state index contributed by atoms with van der Waals surface area (Å²) in [5.74, 6) is 1.49. The maximum Gasteiger partial charge on any atom is 0.118 e. The van der Waals surface area contributed by atoms with Crippen LogP contribution in [0.5, 0.6) is 5.75 Å². The van der Waals surface area contributed by atoms with E-state index in [-0.39, 0.29) is 52.0 Å². The molecular formula is C83H122O. The van der Waals surface area contributed by atoms with Crippen LogP contribution in [0.1, 0.15) is 201 Å². The summed E-state index contributed by atoms with van der Waals surface area (Å²) in [5, 5.41) is 2.74. The third kappa shape index (κ3) is 25.1. The molecule has 1 heteroatoms. The van der Waals surface area contributed by atoms with Gasteiger partial charge < -0.3 is 4.74 Å². The van der Waals surface area contributed by atoms with E-state index in [0.717, 1.165) is 44.3 Å². The van der Waals surface area contributed by atoms with Gasteiger partial charge in [0.25, 0.3) is 0 Å². The van der Waals surface area contributed by atoms with Crippen molar-refractivity contribution in [3.05, 3.63) is 277 Å². The zero-order valence-electron chi connectivity index (χ0n) is 50.5. The quantitative estimate of drug-likeness (QED) is 0.155. The summed E-state index contributed by atoms with van der Waals surface area (Å²) in [6.07, 6.45) is 6.78. The number of aryl methyl sites for hydroxylation is 12. The smallest absolute Gasteiger partial charge is 0.118 e. The summed E-state index contributed by atoms with van der Waals surface area (Å²) in [7, 11) is 1.68. The number of benzene rings is 9. The highest BCUT2D eigenvalue weighted by Gasteiger charge is 2.23. The van der Waals surface area contributed by atoms with E-state index in [1.807, 2.05) is 12.1 Å². The second kappa shape index (κ2) is 43.7. The standard InChI is InChI=1S/C14H12.C12H12.C12H18.2C10H14.C9H12O.C9H12.7CH4/c1-10-11-6-2-4-8-13(11)14-9-5-3-7-12(10)14;1-2-10-7-5-8-11-6-3-4-9-12(10)11;1-6-12-10(4)8(2)7-9(3)11(12)5;1-4-10-6-5-8(2)7-9(10)3;1-4-10-7-8(2)5-6-9(10)3;1-3-8-4-6-9(10-2)7-5-8;1-3-9-6-4-8(2)5-7-9;;;;;;;/h2-10H,1H3;3-9H,2H2,1H3;7H,6H2,1-5H3;2*5-7H,4H2,1-3H3;4-7H,3H2,1-2H3;4-7H,3H2,1-2H3;7*1H4. The molecule has 84 heavy (non-hydrogen) atoms. The summed E-state index contributed by atoms with van der Waals surface area (Å²) >= 11 is 0. The van der Waals surface area contributed by atoms with Crippen LogP contribution in [0.15, 0.2) is 182 Å². The Kier molecular flexibility index (Phi) is 43.4. The first-order valence-corrected chi connectivity index (χ1v) is 28.6. The van der Waals surface area contributed by atoms with Crippen LogP contribution in [0, 0.1) is 62.3 Å². The first kappa shape index (κ1) is 83.5. The summed E-state index contributed by atoms with van der Waals surface area (Å²) in [6.45, 7) is 35.0. The molecule has 0 bridgehead atoms. The SMILES string of the molecule is C.C.C.C.C.C.C.CC1c2ccccc2-c2ccccc21.CCc1c(C)c(C)cc(C)c1C.CCc1cc(C)ccc1C.CCc1ccc(C)cc1.CCc1ccc(C)cc1C.CCc1ccc(OC)cc1.CCc1cccc2ccccc12. The second-order valence-electron chi connectivity index (χ2n) is 20.6. The van der Waals surface area contributed by atoms with Gasteiger partial charge in [-0.3, -0.25) is 0 Å². The van der Waals surface area contributed by atoms with Crippen molar-refractivity contribution in [3.8, 4) is 16.9 Å². The van der Waals surface area contributed by atoms with E-state index < -0.39 is 0 Å². The molecule has 0 radical (unpaired) electrons. The van der Waals surface area contributed by atoms with Gasteiger partial charge in [0.2, 0.25) is 0 Å². The van der Waals surface area contributed by atoms with Crippen LogP contribution in [0.3, 0.4) is 0 Å². The lowest BCUT2D eigenvalue weighted by molar-refractivity contribution is 0.414. The fourth-order valence-corrected chi connectivity index (χ4v) is 9.95. The molecule has 0 atom stereocenters. The molecule has 9 aromatic carbocycles. The van der Waals surface area contributed by atoms with Gasteiger partial charge in [-0.2, -0.15) is 0 Å². The molecule has 1 aliphatic rings. The Bertz CT molecular complexity index is 3070. The molecule has 0 saturated carbocycles. The van der Waals surface area contributed by atoms with E-state index in [9.17, 15) is 0 Å². The molecule has 1 aliphatic carbocycles. The number of rotatable bonds is 7. The number of fused-ring (bicyclic) bond motifs is 4. The summed E-state index contributed by atoms with van der Waals surface area (Å²) < 4.78 is 5.01. The highest BCUT2D eigenvalue weighted by molar-refractivity contribution is 5.85. The Morgan fingerprint density at radius 1 is 0.333 bits per heavy atom. The Labute approximate surface area is 520 Å². The van der Waals surface area contributed by atoms with Crippen LogP contribution in [0.25, 0.3) is 21.9 Å². The largest absolute Gasteiger partial charge is 0.497 e. The molecule has 0 spiro atoms. The first-order chi connectivity index (χ1) is 37.0. The lowest BCUT2D eigenvalue weighted by Gasteiger charge is -2.13. The van der Waals surface area contributed by atoms with Gasteiger partial charge in [0.15, 0.2) is 0 Å². The number of hydrogen-bond donors (Lipinski definition) is 0. The average Bonchev–Trinajstić information content (AvgIpc) is 4.00.